The molecule has 0 bridgehead atoms. The second-order valence-electron chi connectivity index (χ2n) is 3.91. The smallest absolute Gasteiger partial charge is 0.256 e. The highest BCUT2D eigenvalue weighted by Crippen LogP contribution is 2.20. The Labute approximate surface area is 89.5 Å². The first-order valence-corrected chi connectivity index (χ1v) is 5.15. The summed E-state index contributed by atoms with van der Waals surface area (Å²) in [7, 11) is 0. The van der Waals surface area contributed by atoms with Crippen LogP contribution in [0.2, 0.25) is 0 Å². The van der Waals surface area contributed by atoms with Crippen molar-refractivity contribution >= 4 is 0 Å². The summed E-state index contributed by atoms with van der Waals surface area (Å²) in [5.41, 5.74) is -0.197. The molecule has 15 heavy (non-hydrogen) atoms. The molecule has 0 amide bonds. The number of hydrogen-bond donors (Lipinski definition) is 1. The van der Waals surface area contributed by atoms with E-state index >= 15 is 0 Å². The van der Waals surface area contributed by atoms with E-state index in [-0.39, 0.29) is 0 Å². The Hall–Kier alpha value is -0.960. The Morgan fingerprint density at radius 1 is 1.27 bits per heavy atom. The Balaban J connectivity index is 2.75. The van der Waals surface area contributed by atoms with Crippen molar-refractivity contribution in [3.8, 4) is 0 Å². The van der Waals surface area contributed by atoms with E-state index in [0.29, 0.717) is 13.0 Å². The van der Waals surface area contributed by atoms with Crippen molar-refractivity contribution in [3.63, 3.8) is 0 Å². The Morgan fingerprint density at radius 3 is 2.33 bits per heavy atom. The van der Waals surface area contributed by atoms with Crippen molar-refractivity contribution in [2.75, 3.05) is 6.54 Å². The summed E-state index contributed by atoms with van der Waals surface area (Å²) >= 11 is 0. The number of alkyl halides is 2. The van der Waals surface area contributed by atoms with E-state index in [4.69, 9.17) is 0 Å². The maximum atomic E-state index is 12.9. The lowest BCUT2D eigenvalue weighted by atomic mass is 9.93. The number of hydrogen-bond acceptors (Lipinski definition) is 1. The van der Waals surface area contributed by atoms with E-state index in [1.807, 2.05) is 37.3 Å². The van der Waals surface area contributed by atoms with Crippen LogP contribution in [0, 0.1) is 0 Å². The van der Waals surface area contributed by atoms with Gasteiger partial charge in [0, 0.05) is 0 Å². The van der Waals surface area contributed by atoms with Gasteiger partial charge in [0.15, 0.2) is 0 Å². The zero-order valence-electron chi connectivity index (χ0n) is 9.13. The zero-order chi connectivity index (χ0) is 11.3. The zero-order valence-corrected chi connectivity index (χ0v) is 9.13. The Bertz CT molecular complexity index is 287. The lowest BCUT2D eigenvalue weighted by Crippen LogP contribution is -2.50. The highest BCUT2D eigenvalue weighted by molar-refractivity contribution is 5.18. The van der Waals surface area contributed by atoms with E-state index in [1.165, 1.54) is 0 Å². The normalized spacial score (nSPS) is 15.3. The molecule has 1 unspecified atom stereocenters. The van der Waals surface area contributed by atoms with Crippen LogP contribution in [0.15, 0.2) is 30.3 Å². The molecule has 1 rings (SSSR count). The highest BCUT2D eigenvalue weighted by atomic mass is 19.3. The first-order valence-electron chi connectivity index (χ1n) is 5.15. The minimum atomic E-state index is -2.36. The maximum absolute atomic E-state index is 12.9. The second kappa shape index (κ2) is 5.21. The molecule has 1 atom stereocenters. The van der Waals surface area contributed by atoms with Gasteiger partial charge in [0.1, 0.15) is 0 Å². The largest absolute Gasteiger partial charge is 0.307 e. The quantitative estimate of drug-likeness (QED) is 0.793. The first-order chi connectivity index (χ1) is 7.08. The average molecular weight is 213 g/mol. The molecule has 84 valence electrons. The SMILES string of the molecule is CCNC(C)(Cc1ccccc1)C(F)F. The lowest BCUT2D eigenvalue weighted by Gasteiger charge is -2.29. The van der Waals surface area contributed by atoms with Gasteiger partial charge in [0.2, 0.25) is 0 Å². The summed E-state index contributed by atoms with van der Waals surface area (Å²) in [6, 6.07) is 9.37. The fourth-order valence-corrected chi connectivity index (χ4v) is 1.64. The van der Waals surface area contributed by atoms with Gasteiger partial charge in [0.25, 0.3) is 6.43 Å². The van der Waals surface area contributed by atoms with Crippen LogP contribution < -0.4 is 5.32 Å². The maximum Gasteiger partial charge on any atom is 0.256 e. The van der Waals surface area contributed by atoms with Crippen LogP contribution in [-0.2, 0) is 6.42 Å². The van der Waals surface area contributed by atoms with Crippen LogP contribution in [-0.4, -0.2) is 18.5 Å². The van der Waals surface area contributed by atoms with Gasteiger partial charge in [-0.3, -0.25) is 0 Å². The molecule has 0 saturated heterocycles. The van der Waals surface area contributed by atoms with Crippen LogP contribution in [0.1, 0.15) is 19.4 Å². The number of halogens is 2. The molecule has 0 radical (unpaired) electrons. The van der Waals surface area contributed by atoms with Gasteiger partial charge in [0.05, 0.1) is 5.54 Å². The molecule has 0 aliphatic carbocycles. The van der Waals surface area contributed by atoms with E-state index in [2.05, 4.69) is 5.32 Å². The van der Waals surface area contributed by atoms with Gasteiger partial charge in [-0.1, -0.05) is 37.3 Å². The predicted octanol–water partition coefficient (Wildman–Crippen LogP) is 2.86. The molecule has 0 heterocycles. The molecule has 0 saturated carbocycles. The summed E-state index contributed by atoms with van der Waals surface area (Å²) in [6.07, 6.45) is -2.02. The third-order valence-corrected chi connectivity index (χ3v) is 2.48. The van der Waals surface area contributed by atoms with Gasteiger partial charge in [-0.05, 0) is 25.5 Å². The number of benzene rings is 1. The summed E-state index contributed by atoms with van der Waals surface area (Å²) < 4.78 is 25.8. The van der Waals surface area contributed by atoms with E-state index < -0.39 is 12.0 Å². The van der Waals surface area contributed by atoms with Crippen molar-refractivity contribution in [2.45, 2.75) is 32.2 Å². The molecule has 1 nitrogen and oxygen atoms in total. The first kappa shape index (κ1) is 12.1. The summed E-state index contributed by atoms with van der Waals surface area (Å²) in [5, 5.41) is 2.86. The summed E-state index contributed by atoms with van der Waals surface area (Å²) in [6.45, 7) is 3.95. The average Bonchev–Trinajstić information content (AvgIpc) is 2.19. The molecule has 1 aromatic rings. The van der Waals surface area contributed by atoms with E-state index in [0.717, 1.165) is 5.56 Å². The number of rotatable bonds is 5. The Kier molecular flexibility index (Phi) is 4.21. The van der Waals surface area contributed by atoms with Crippen molar-refractivity contribution in [1.29, 1.82) is 0 Å². The van der Waals surface area contributed by atoms with Crippen molar-refractivity contribution in [3.05, 3.63) is 35.9 Å². The van der Waals surface area contributed by atoms with Gasteiger partial charge in [-0.25, -0.2) is 8.78 Å². The van der Waals surface area contributed by atoms with Crippen LogP contribution >= 0.6 is 0 Å². The van der Waals surface area contributed by atoms with Gasteiger partial charge < -0.3 is 5.32 Å². The second-order valence-corrected chi connectivity index (χ2v) is 3.91. The Morgan fingerprint density at radius 2 is 1.87 bits per heavy atom. The molecular formula is C12H17F2N. The molecule has 0 spiro atoms. The van der Waals surface area contributed by atoms with Crippen molar-refractivity contribution < 1.29 is 8.78 Å². The van der Waals surface area contributed by atoms with E-state index in [9.17, 15) is 8.78 Å². The van der Waals surface area contributed by atoms with Gasteiger partial charge in [-0.15, -0.1) is 0 Å². The van der Waals surface area contributed by atoms with Crippen LogP contribution in [0.3, 0.4) is 0 Å². The van der Waals surface area contributed by atoms with Crippen LogP contribution in [0.25, 0.3) is 0 Å². The van der Waals surface area contributed by atoms with E-state index in [1.54, 1.807) is 6.92 Å². The minimum Gasteiger partial charge on any atom is -0.307 e. The summed E-state index contributed by atoms with van der Waals surface area (Å²) in [4.78, 5) is 0. The molecule has 0 aliphatic heterocycles. The topological polar surface area (TPSA) is 12.0 Å². The molecule has 3 heteroatoms. The lowest BCUT2D eigenvalue weighted by molar-refractivity contribution is 0.0415. The molecule has 0 aliphatic rings. The monoisotopic (exact) mass is 213 g/mol. The van der Waals surface area contributed by atoms with Crippen LogP contribution in [0.5, 0.6) is 0 Å². The van der Waals surface area contributed by atoms with Gasteiger partial charge >= 0.3 is 0 Å². The molecule has 1 aromatic carbocycles. The van der Waals surface area contributed by atoms with Crippen molar-refractivity contribution in [2.24, 2.45) is 0 Å². The molecule has 0 aromatic heterocycles. The third kappa shape index (κ3) is 3.27. The molecular weight excluding hydrogens is 196 g/mol. The number of nitrogens with one attached hydrogen (secondary N) is 1. The fraction of sp³-hybridized carbons (Fsp3) is 0.500. The molecule has 0 fully saturated rings. The highest BCUT2D eigenvalue weighted by Gasteiger charge is 2.33. The third-order valence-electron chi connectivity index (χ3n) is 2.48. The van der Waals surface area contributed by atoms with Crippen LogP contribution in [0.4, 0.5) is 8.78 Å². The fourth-order valence-electron chi connectivity index (χ4n) is 1.64. The summed E-state index contributed by atoms with van der Waals surface area (Å²) in [5.74, 6) is 0. The van der Waals surface area contributed by atoms with Gasteiger partial charge in [-0.2, -0.15) is 0 Å². The standard InChI is InChI=1S/C12H17F2N/c1-3-15-12(2,11(13)14)9-10-7-5-4-6-8-10/h4-8,11,15H,3,9H2,1-2H3. The molecule has 1 N–H and O–H groups in total. The number of likely N-dealkylation sites (N-methyl/N-ethyl adjacent to an activating group) is 1. The predicted molar refractivity (Wildman–Crippen MR) is 58.2 cm³/mol. The van der Waals surface area contributed by atoms with Crippen molar-refractivity contribution in [1.82, 2.24) is 5.32 Å². The minimum absolute atomic E-state index is 0.347.